The molecule has 0 aliphatic rings. The van der Waals surface area contributed by atoms with E-state index < -0.39 is 0 Å². The zero-order valence-corrected chi connectivity index (χ0v) is 13.5. The van der Waals surface area contributed by atoms with E-state index in [1.165, 1.54) is 0 Å². The summed E-state index contributed by atoms with van der Waals surface area (Å²) in [7, 11) is 1.65. The zero-order chi connectivity index (χ0) is 16.2. The third-order valence-electron chi connectivity index (χ3n) is 3.60. The van der Waals surface area contributed by atoms with E-state index >= 15 is 0 Å². The van der Waals surface area contributed by atoms with Gasteiger partial charge in [-0.1, -0.05) is 35.9 Å². The Morgan fingerprint density at radius 2 is 1.91 bits per heavy atom. The van der Waals surface area contributed by atoms with Crippen LogP contribution in [-0.2, 0) is 13.2 Å². The predicted octanol–water partition coefficient (Wildman–Crippen LogP) is 3.75. The molecule has 0 spiro atoms. The maximum atomic E-state index is 9.39. The molecule has 3 rings (SSSR count). The van der Waals surface area contributed by atoms with Crippen LogP contribution in [0.2, 0.25) is 5.02 Å². The average molecular weight is 329 g/mol. The maximum Gasteiger partial charge on any atom is 0.118 e. The number of benzene rings is 2. The molecule has 0 aliphatic heterocycles. The second-order valence-corrected chi connectivity index (χ2v) is 5.63. The van der Waals surface area contributed by atoms with Crippen molar-refractivity contribution < 1.29 is 9.84 Å². The van der Waals surface area contributed by atoms with Gasteiger partial charge in [0.05, 0.1) is 31.6 Å². The van der Waals surface area contributed by atoms with Gasteiger partial charge in [-0.3, -0.25) is 4.68 Å². The molecule has 23 heavy (non-hydrogen) atoms. The van der Waals surface area contributed by atoms with Crippen molar-refractivity contribution in [3.05, 3.63) is 70.9 Å². The summed E-state index contributed by atoms with van der Waals surface area (Å²) in [4.78, 5) is 0. The van der Waals surface area contributed by atoms with E-state index in [0.29, 0.717) is 17.3 Å². The summed E-state index contributed by atoms with van der Waals surface area (Å²) >= 11 is 6.09. The number of aromatic nitrogens is 2. The third kappa shape index (κ3) is 3.55. The molecule has 0 bridgehead atoms. The fourth-order valence-corrected chi connectivity index (χ4v) is 2.64. The number of halogens is 1. The lowest BCUT2D eigenvalue weighted by atomic mass is 10.1. The van der Waals surface area contributed by atoms with Crippen LogP contribution in [0.3, 0.4) is 0 Å². The Hall–Kier alpha value is -2.30. The van der Waals surface area contributed by atoms with E-state index in [9.17, 15) is 5.11 Å². The van der Waals surface area contributed by atoms with Crippen LogP contribution in [0.25, 0.3) is 11.3 Å². The molecule has 4 nitrogen and oxygen atoms in total. The van der Waals surface area contributed by atoms with E-state index in [-0.39, 0.29) is 6.61 Å². The standard InChI is InChI=1S/C18H17ClN2O2/c1-23-17-7-5-13(6-8-17)11-21-18(10-16(12-22)20-21)14-3-2-4-15(19)9-14/h2-10,22H,11-12H2,1H3. The van der Waals surface area contributed by atoms with Crippen LogP contribution in [0, 0.1) is 0 Å². The van der Waals surface area contributed by atoms with Gasteiger partial charge in [0.2, 0.25) is 0 Å². The molecule has 1 heterocycles. The lowest BCUT2D eigenvalue weighted by Crippen LogP contribution is -2.04. The van der Waals surface area contributed by atoms with Gasteiger partial charge in [-0.25, -0.2) is 0 Å². The number of hydrogen-bond acceptors (Lipinski definition) is 3. The van der Waals surface area contributed by atoms with Gasteiger partial charge in [-0.2, -0.15) is 5.10 Å². The molecule has 3 aromatic rings. The molecular weight excluding hydrogens is 312 g/mol. The molecule has 1 aromatic heterocycles. The minimum absolute atomic E-state index is 0.0941. The highest BCUT2D eigenvalue weighted by atomic mass is 35.5. The van der Waals surface area contributed by atoms with Crippen molar-refractivity contribution in [1.82, 2.24) is 9.78 Å². The molecule has 0 radical (unpaired) electrons. The summed E-state index contributed by atoms with van der Waals surface area (Å²) in [6.45, 7) is 0.509. The first-order valence-corrected chi connectivity index (χ1v) is 7.64. The van der Waals surface area contributed by atoms with Gasteiger partial charge in [-0.15, -0.1) is 0 Å². The third-order valence-corrected chi connectivity index (χ3v) is 3.84. The SMILES string of the molecule is COc1ccc(Cn2nc(CO)cc2-c2cccc(Cl)c2)cc1. The van der Waals surface area contributed by atoms with Gasteiger partial charge in [0.25, 0.3) is 0 Å². The number of aliphatic hydroxyl groups is 1. The van der Waals surface area contributed by atoms with Crippen LogP contribution in [0.1, 0.15) is 11.3 Å². The number of hydrogen-bond donors (Lipinski definition) is 1. The normalized spacial score (nSPS) is 10.7. The number of nitrogens with zero attached hydrogens (tertiary/aromatic N) is 2. The lowest BCUT2D eigenvalue weighted by Gasteiger charge is -2.09. The minimum atomic E-state index is -0.0941. The molecule has 0 saturated carbocycles. The fourth-order valence-electron chi connectivity index (χ4n) is 2.45. The topological polar surface area (TPSA) is 47.3 Å². The summed E-state index contributed by atoms with van der Waals surface area (Å²) in [5, 5.41) is 14.5. The first-order chi connectivity index (χ1) is 11.2. The van der Waals surface area contributed by atoms with Gasteiger partial charge >= 0.3 is 0 Å². The Morgan fingerprint density at radius 3 is 2.57 bits per heavy atom. The van der Waals surface area contributed by atoms with Crippen LogP contribution < -0.4 is 4.74 Å². The Balaban J connectivity index is 1.96. The first kappa shape index (κ1) is 15.6. The molecular formula is C18H17ClN2O2. The Bertz CT molecular complexity index is 797. The van der Waals surface area contributed by atoms with E-state index in [4.69, 9.17) is 16.3 Å². The van der Waals surface area contributed by atoms with Gasteiger partial charge in [0.15, 0.2) is 0 Å². The van der Waals surface area contributed by atoms with Gasteiger partial charge < -0.3 is 9.84 Å². The van der Waals surface area contributed by atoms with E-state index in [0.717, 1.165) is 22.6 Å². The van der Waals surface area contributed by atoms with E-state index in [2.05, 4.69) is 5.10 Å². The molecule has 0 unspecified atom stereocenters. The number of rotatable bonds is 5. The van der Waals surface area contributed by atoms with Crippen LogP contribution in [0.15, 0.2) is 54.6 Å². The van der Waals surface area contributed by atoms with E-state index in [1.807, 2.05) is 59.3 Å². The highest BCUT2D eigenvalue weighted by Crippen LogP contribution is 2.25. The van der Waals surface area contributed by atoms with Crippen LogP contribution in [0.4, 0.5) is 0 Å². The minimum Gasteiger partial charge on any atom is -0.497 e. The summed E-state index contributed by atoms with van der Waals surface area (Å²) in [6.07, 6.45) is 0. The fraction of sp³-hybridized carbons (Fsp3) is 0.167. The number of methoxy groups -OCH3 is 1. The Kier molecular flexibility index (Phi) is 4.65. The van der Waals surface area contributed by atoms with Gasteiger partial charge in [0, 0.05) is 10.6 Å². The van der Waals surface area contributed by atoms with Crippen molar-refractivity contribution in [2.45, 2.75) is 13.2 Å². The molecule has 1 N–H and O–H groups in total. The highest BCUT2D eigenvalue weighted by Gasteiger charge is 2.10. The summed E-state index contributed by atoms with van der Waals surface area (Å²) in [5.74, 6) is 0.820. The second kappa shape index (κ2) is 6.86. The maximum absolute atomic E-state index is 9.39. The van der Waals surface area contributed by atoms with Gasteiger partial charge in [-0.05, 0) is 35.9 Å². The Labute approximate surface area is 139 Å². The predicted molar refractivity (Wildman–Crippen MR) is 90.7 cm³/mol. The van der Waals surface area contributed by atoms with Crippen LogP contribution >= 0.6 is 11.6 Å². The smallest absolute Gasteiger partial charge is 0.118 e. The quantitative estimate of drug-likeness (QED) is 0.776. The molecule has 0 aliphatic carbocycles. The highest BCUT2D eigenvalue weighted by molar-refractivity contribution is 6.30. The first-order valence-electron chi connectivity index (χ1n) is 7.26. The molecule has 0 amide bonds. The zero-order valence-electron chi connectivity index (χ0n) is 12.7. The number of ether oxygens (including phenoxy) is 1. The van der Waals surface area contributed by atoms with Crippen molar-refractivity contribution in [3.8, 4) is 17.0 Å². The Morgan fingerprint density at radius 1 is 1.13 bits per heavy atom. The molecule has 0 atom stereocenters. The summed E-state index contributed by atoms with van der Waals surface area (Å²) in [6, 6.07) is 17.3. The summed E-state index contributed by atoms with van der Waals surface area (Å²) < 4.78 is 7.05. The van der Waals surface area contributed by atoms with Crippen molar-refractivity contribution in [3.63, 3.8) is 0 Å². The largest absolute Gasteiger partial charge is 0.497 e. The molecule has 5 heteroatoms. The van der Waals surface area contributed by atoms with Gasteiger partial charge in [0.1, 0.15) is 5.75 Å². The van der Waals surface area contributed by atoms with E-state index in [1.54, 1.807) is 7.11 Å². The van der Waals surface area contributed by atoms with Crippen molar-refractivity contribution in [2.75, 3.05) is 7.11 Å². The monoisotopic (exact) mass is 328 g/mol. The summed E-state index contributed by atoms with van der Waals surface area (Å²) in [5.41, 5.74) is 3.63. The molecule has 2 aromatic carbocycles. The molecule has 118 valence electrons. The average Bonchev–Trinajstić information content (AvgIpc) is 2.98. The van der Waals surface area contributed by atoms with Crippen LogP contribution in [0.5, 0.6) is 5.75 Å². The molecule has 0 fully saturated rings. The molecule has 0 saturated heterocycles. The second-order valence-electron chi connectivity index (χ2n) is 5.20. The lowest BCUT2D eigenvalue weighted by molar-refractivity contribution is 0.275. The van der Waals surface area contributed by atoms with Crippen molar-refractivity contribution >= 4 is 11.6 Å². The number of aliphatic hydroxyl groups excluding tert-OH is 1. The van der Waals surface area contributed by atoms with Crippen molar-refractivity contribution in [2.24, 2.45) is 0 Å². The van der Waals surface area contributed by atoms with Crippen molar-refractivity contribution in [1.29, 1.82) is 0 Å². The van der Waals surface area contributed by atoms with Crippen LogP contribution in [-0.4, -0.2) is 22.0 Å².